The van der Waals surface area contributed by atoms with E-state index in [-0.39, 0.29) is 0 Å². The van der Waals surface area contributed by atoms with Crippen LogP contribution in [0.15, 0.2) is 28.3 Å². The maximum absolute atomic E-state index is 4.26. The molecule has 0 atom stereocenters. The molecule has 1 N–H and O–H groups in total. The molecule has 0 aliphatic rings. The highest BCUT2D eigenvalue weighted by Crippen LogP contribution is 2.24. The fourth-order valence-electron chi connectivity index (χ4n) is 1.35. The van der Waals surface area contributed by atoms with Gasteiger partial charge in [-0.25, -0.2) is 4.98 Å². The number of nitrogens with one attached hydrogen (secondary N) is 1. The third kappa shape index (κ3) is 2.41. The van der Waals surface area contributed by atoms with Gasteiger partial charge in [0, 0.05) is 28.3 Å². The van der Waals surface area contributed by atoms with Crippen LogP contribution in [0.5, 0.6) is 0 Å². The summed E-state index contributed by atoms with van der Waals surface area (Å²) in [5.74, 6) is 0.929. The van der Waals surface area contributed by atoms with Crippen LogP contribution in [-0.4, -0.2) is 16.1 Å². The molecular weight excluding hydrogens is 274 g/mol. The molecule has 2 rings (SSSR count). The van der Waals surface area contributed by atoms with Crippen molar-refractivity contribution in [1.82, 2.24) is 9.55 Å². The lowest BCUT2D eigenvalue weighted by molar-refractivity contribution is 0.809. The predicted octanol–water partition coefficient (Wildman–Crippen LogP) is 3.19. The second-order valence-corrected chi connectivity index (χ2v) is 4.96. The number of nitrogens with zero attached hydrogens (tertiary/aromatic N) is 2. The summed E-state index contributed by atoms with van der Waals surface area (Å²) in [6, 6.07) is 2.07. The average Bonchev–Trinajstić information content (AvgIpc) is 2.80. The Bertz CT molecular complexity index is 435. The highest BCUT2D eigenvalue weighted by molar-refractivity contribution is 9.10. The summed E-state index contributed by atoms with van der Waals surface area (Å²) in [5.41, 5.74) is 0. The second-order valence-electron chi connectivity index (χ2n) is 3.10. The number of hydrogen-bond donors (Lipinski definition) is 1. The number of thiophene rings is 1. The zero-order valence-corrected chi connectivity index (χ0v) is 10.8. The number of aromatic nitrogens is 2. The van der Waals surface area contributed by atoms with E-state index in [1.54, 1.807) is 11.3 Å². The smallest absolute Gasteiger partial charge is 0.203 e. The molecule has 3 nitrogen and oxygen atoms in total. The number of imidazole rings is 1. The Morgan fingerprint density at radius 1 is 1.60 bits per heavy atom. The van der Waals surface area contributed by atoms with Crippen molar-refractivity contribution in [3.05, 3.63) is 33.2 Å². The first-order chi connectivity index (χ1) is 7.31. The predicted molar refractivity (Wildman–Crippen MR) is 67.5 cm³/mol. The van der Waals surface area contributed by atoms with Crippen molar-refractivity contribution in [2.24, 2.45) is 0 Å². The molecule has 5 heteroatoms. The molecule has 0 bridgehead atoms. The minimum absolute atomic E-state index is 0.862. The first-order valence-corrected chi connectivity index (χ1v) is 6.45. The van der Waals surface area contributed by atoms with Gasteiger partial charge in [-0.15, -0.1) is 11.3 Å². The van der Waals surface area contributed by atoms with Gasteiger partial charge in [-0.3, -0.25) is 0 Å². The molecule has 0 amide bonds. The van der Waals surface area contributed by atoms with Crippen LogP contribution in [-0.2, 0) is 6.54 Å². The van der Waals surface area contributed by atoms with Gasteiger partial charge in [0.1, 0.15) is 0 Å². The van der Waals surface area contributed by atoms with Gasteiger partial charge in [-0.1, -0.05) is 0 Å². The van der Waals surface area contributed by atoms with Crippen LogP contribution < -0.4 is 5.32 Å². The van der Waals surface area contributed by atoms with E-state index in [1.165, 1.54) is 9.35 Å². The lowest BCUT2D eigenvalue weighted by atomic mass is 10.4. The SMILES string of the molecule is CCNc1nccn1Cc1sccc1Br. The Balaban J connectivity index is 2.17. The summed E-state index contributed by atoms with van der Waals surface area (Å²) in [6.45, 7) is 3.82. The summed E-state index contributed by atoms with van der Waals surface area (Å²) >= 11 is 5.28. The minimum atomic E-state index is 0.862. The molecule has 2 aromatic heterocycles. The van der Waals surface area contributed by atoms with Crippen LogP contribution >= 0.6 is 27.3 Å². The molecule has 0 radical (unpaired) electrons. The molecule has 0 aliphatic heterocycles. The van der Waals surface area contributed by atoms with Crippen molar-refractivity contribution >= 4 is 33.2 Å². The maximum atomic E-state index is 4.26. The molecule has 0 aromatic carbocycles. The molecule has 0 spiro atoms. The lowest BCUT2D eigenvalue weighted by Gasteiger charge is -2.07. The van der Waals surface area contributed by atoms with Gasteiger partial charge in [-0.05, 0) is 34.3 Å². The van der Waals surface area contributed by atoms with E-state index in [0.29, 0.717) is 0 Å². The van der Waals surface area contributed by atoms with E-state index in [2.05, 4.69) is 49.2 Å². The van der Waals surface area contributed by atoms with Crippen molar-refractivity contribution in [3.8, 4) is 0 Å². The molecule has 15 heavy (non-hydrogen) atoms. The molecule has 2 heterocycles. The fraction of sp³-hybridized carbons (Fsp3) is 0.300. The topological polar surface area (TPSA) is 29.9 Å². The summed E-state index contributed by atoms with van der Waals surface area (Å²) in [7, 11) is 0. The van der Waals surface area contributed by atoms with Crippen molar-refractivity contribution < 1.29 is 0 Å². The van der Waals surface area contributed by atoms with Gasteiger partial charge in [0.15, 0.2) is 0 Å². The van der Waals surface area contributed by atoms with E-state index in [9.17, 15) is 0 Å². The van der Waals surface area contributed by atoms with E-state index in [4.69, 9.17) is 0 Å². The normalized spacial score (nSPS) is 10.5. The highest BCUT2D eigenvalue weighted by Gasteiger charge is 2.05. The Hall–Kier alpha value is -0.810. The van der Waals surface area contributed by atoms with Gasteiger partial charge in [-0.2, -0.15) is 0 Å². The fourth-order valence-corrected chi connectivity index (χ4v) is 2.83. The molecule has 80 valence electrons. The Labute approximate surface area is 101 Å². The number of hydrogen-bond acceptors (Lipinski definition) is 3. The van der Waals surface area contributed by atoms with Crippen molar-refractivity contribution in [1.29, 1.82) is 0 Å². The zero-order valence-electron chi connectivity index (χ0n) is 8.40. The first kappa shape index (κ1) is 10.7. The van der Waals surface area contributed by atoms with Crippen molar-refractivity contribution in [3.63, 3.8) is 0 Å². The van der Waals surface area contributed by atoms with Gasteiger partial charge in [0.2, 0.25) is 5.95 Å². The molecule has 0 unspecified atom stereocenters. The van der Waals surface area contributed by atoms with Crippen molar-refractivity contribution in [2.75, 3.05) is 11.9 Å². The maximum Gasteiger partial charge on any atom is 0.203 e. The Morgan fingerprint density at radius 2 is 2.47 bits per heavy atom. The van der Waals surface area contributed by atoms with Crippen LogP contribution in [0.25, 0.3) is 0 Å². The van der Waals surface area contributed by atoms with Crippen LogP contribution in [0.1, 0.15) is 11.8 Å². The van der Waals surface area contributed by atoms with E-state index < -0.39 is 0 Å². The average molecular weight is 286 g/mol. The molecule has 0 fully saturated rings. The van der Waals surface area contributed by atoms with Crippen LogP contribution in [0.3, 0.4) is 0 Å². The van der Waals surface area contributed by atoms with Crippen LogP contribution in [0.2, 0.25) is 0 Å². The number of rotatable bonds is 4. The Kier molecular flexibility index (Phi) is 3.43. The lowest BCUT2D eigenvalue weighted by Crippen LogP contribution is -2.06. The summed E-state index contributed by atoms with van der Waals surface area (Å²) in [5, 5.41) is 5.32. The summed E-state index contributed by atoms with van der Waals surface area (Å²) < 4.78 is 3.28. The molecule has 0 saturated carbocycles. The summed E-state index contributed by atoms with van der Waals surface area (Å²) in [4.78, 5) is 5.57. The van der Waals surface area contributed by atoms with E-state index in [1.807, 2.05) is 12.4 Å². The third-order valence-electron chi connectivity index (χ3n) is 2.06. The van der Waals surface area contributed by atoms with Gasteiger partial charge >= 0.3 is 0 Å². The number of anilines is 1. The van der Waals surface area contributed by atoms with E-state index in [0.717, 1.165) is 19.0 Å². The molecular formula is C10H12BrN3S. The highest BCUT2D eigenvalue weighted by atomic mass is 79.9. The largest absolute Gasteiger partial charge is 0.356 e. The van der Waals surface area contributed by atoms with Gasteiger partial charge in [0.05, 0.1) is 6.54 Å². The third-order valence-corrected chi connectivity index (χ3v) is 3.97. The van der Waals surface area contributed by atoms with E-state index >= 15 is 0 Å². The van der Waals surface area contributed by atoms with Gasteiger partial charge in [0.25, 0.3) is 0 Å². The molecule has 2 aromatic rings. The number of halogens is 1. The second kappa shape index (κ2) is 4.81. The van der Waals surface area contributed by atoms with Crippen molar-refractivity contribution in [2.45, 2.75) is 13.5 Å². The quantitative estimate of drug-likeness (QED) is 0.935. The summed E-state index contributed by atoms with van der Waals surface area (Å²) in [6.07, 6.45) is 3.81. The first-order valence-electron chi connectivity index (χ1n) is 4.78. The van der Waals surface area contributed by atoms with Gasteiger partial charge < -0.3 is 9.88 Å². The minimum Gasteiger partial charge on any atom is -0.356 e. The molecule has 0 saturated heterocycles. The standard InChI is InChI=1S/C10H12BrN3S/c1-2-12-10-13-4-5-14(10)7-9-8(11)3-6-15-9/h3-6H,2,7H2,1H3,(H,12,13). The van der Waals surface area contributed by atoms with Crippen LogP contribution in [0.4, 0.5) is 5.95 Å². The Morgan fingerprint density at radius 3 is 3.13 bits per heavy atom. The molecule has 0 aliphatic carbocycles. The zero-order chi connectivity index (χ0) is 10.7. The monoisotopic (exact) mass is 285 g/mol. The van der Waals surface area contributed by atoms with Crippen LogP contribution in [0, 0.1) is 0 Å².